The maximum Gasteiger partial charge on any atom is 0.249 e. The number of carbonyl (C=O) groups is 1. The molecular formula is C17H25NO4. The molecule has 1 atom stereocenters. The Labute approximate surface area is 131 Å². The van der Waals surface area contributed by atoms with Crippen molar-refractivity contribution in [2.24, 2.45) is 0 Å². The zero-order chi connectivity index (χ0) is 16.7. The summed E-state index contributed by atoms with van der Waals surface area (Å²) in [4.78, 5) is 17.1. The molecule has 1 heterocycles. The second-order valence-corrected chi connectivity index (χ2v) is 6.33. The van der Waals surface area contributed by atoms with Crippen LogP contribution in [-0.4, -0.2) is 35.8 Å². The van der Waals surface area contributed by atoms with Crippen LogP contribution in [0.1, 0.15) is 42.0 Å². The quantitative estimate of drug-likeness (QED) is 0.872. The Morgan fingerprint density at radius 2 is 1.95 bits per heavy atom. The lowest BCUT2D eigenvalue weighted by Crippen LogP contribution is -2.42. The van der Waals surface area contributed by atoms with E-state index in [1.54, 1.807) is 7.05 Å². The van der Waals surface area contributed by atoms with Crippen molar-refractivity contribution < 1.29 is 19.5 Å². The average molecular weight is 307 g/mol. The predicted molar refractivity (Wildman–Crippen MR) is 84.1 cm³/mol. The number of nitrogens with zero attached hydrogens (tertiary/aromatic N) is 1. The fraction of sp³-hybridized carbons (Fsp3) is 0.588. The molecule has 0 aromatic heterocycles. The first kappa shape index (κ1) is 16.6. The molecule has 0 spiro atoms. The number of hydrogen-bond acceptors (Lipinski definition) is 4. The van der Waals surface area contributed by atoms with Crippen LogP contribution in [0.15, 0.2) is 0 Å². The summed E-state index contributed by atoms with van der Waals surface area (Å²) in [7, 11) is 3.07. The Bertz CT molecular complexity index is 611. The molecule has 2 rings (SSSR count). The molecule has 5 nitrogen and oxygen atoms in total. The van der Waals surface area contributed by atoms with Gasteiger partial charge in [0.1, 0.15) is 17.1 Å². The predicted octanol–water partition coefficient (Wildman–Crippen LogP) is 2.81. The molecule has 1 aromatic rings. The lowest BCUT2D eigenvalue weighted by molar-refractivity contribution is -0.172. The lowest BCUT2D eigenvalue weighted by Gasteiger charge is -2.38. The minimum atomic E-state index is -0.558. The van der Waals surface area contributed by atoms with Crippen molar-refractivity contribution in [1.29, 1.82) is 0 Å². The van der Waals surface area contributed by atoms with Crippen molar-refractivity contribution in [2.75, 3.05) is 14.2 Å². The molecular weight excluding hydrogens is 282 g/mol. The van der Waals surface area contributed by atoms with Gasteiger partial charge < -0.3 is 9.84 Å². The zero-order valence-electron chi connectivity index (χ0n) is 14.2. The molecule has 22 heavy (non-hydrogen) atoms. The summed E-state index contributed by atoms with van der Waals surface area (Å²) < 4.78 is 6.22. The third-order valence-electron chi connectivity index (χ3n) is 4.74. The van der Waals surface area contributed by atoms with Crippen LogP contribution >= 0.6 is 0 Å². The Hall–Kier alpha value is -1.75. The summed E-state index contributed by atoms with van der Waals surface area (Å²) in [5.41, 5.74) is 3.14. The Morgan fingerprint density at radius 1 is 1.32 bits per heavy atom. The molecule has 0 saturated heterocycles. The van der Waals surface area contributed by atoms with Crippen LogP contribution in [0.2, 0.25) is 0 Å². The van der Waals surface area contributed by atoms with E-state index in [0.717, 1.165) is 40.8 Å². The zero-order valence-corrected chi connectivity index (χ0v) is 14.2. The van der Waals surface area contributed by atoms with Crippen molar-refractivity contribution in [1.82, 2.24) is 5.06 Å². The van der Waals surface area contributed by atoms with Crippen molar-refractivity contribution in [3.05, 3.63) is 22.3 Å². The van der Waals surface area contributed by atoms with Gasteiger partial charge in [0.2, 0.25) is 5.91 Å². The van der Waals surface area contributed by atoms with Crippen LogP contribution in [0.25, 0.3) is 0 Å². The highest BCUT2D eigenvalue weighted by Gasteiger charge is 2.37. The largest absolute Gasteiger partial charge is 0.507 e. The molecule has 1 N–H and O–H groups in total. The van der Waals surface area contributed by atoms with Crippen LogP contribution in [0.3, 0.4) is 0 Å². The van der Waals surface area contributed by atoms with Gasteiger partial charge in [-0.25, -0.2) is 5.06 Å². The maximum absolute atomic E-state index is 12.1. The monoisotopic (exact) mass is 307 g/mol. The number of aromatic hydroxyl groups is 1. The highest BCUT2D eigenvalue weighted by atomic mass is 16.7. The summed E-state index contributed by atoms with van der Waals surface area (Å²) in [6, 6.07) is 0. The van der Waals surface area contributed by atoms with E-state index in [4.69, 9.17) is 9.57 Å². The summed E-state index contributed by atoms with van der Waals surface area (Å²) >= 11 is 0. The number of rotatable bonds is 3. The highest BCUT2D eigenvalue weighted by molar-refractivity contribution is 5.76. The molecule has 0 bridgehead atoms. The van der Waals surface area contributed by atoms with Crippen molar-refractivity contribution in [3.63, 3.8) is 0 Å². The average Bonchev–Trinajstić information content (AvgIpc) is 2.49. The molecule has 0 fully saturated rings. The van der Waals surface area contributed by atoms with E-state index in [0.29, 0.717) is 5.75 Å². The van der Waals surface area contributed by atoms with E-state index in [2.05, 4.69) is 0 Å². The van der Waals surface area contributed by atoms with Gasteiger partial charge in [0.15, 0.2) is 0 Å². The van der Waals surface area contributed by atoms with Crippen LogP contribution in [0, 0.1) is 20.8 Å². The number of benzene rings is 1. The fourth-order valence-electron chi connectivity index (χ4n) is 2.95. The van der Waals surface area contributed by atoms with Crippen molar-refractivity contribution in [3.8, 4) is 11.5 Å². The Morgan fingerprint density at radius 3 is 2.55 bits per heavy atom. The second-order valence-electron chi connectivity index (χ2n) is 6.33. The molecule has 1 unspecified atom stereocenters. The minimum Gasteiger partial charge on any atom is -0.507 e. The normalized spacial score (nSPS) is 20.3. The third-order valence-corrected chi connectivity index (χ3v) is 4.74. The molecule has 1 amide bonds. The van der Waals surface area contributed by atoms with Gasteiger partial charge in [0.25, 0.3) is 0 Å². The SMILES string of the molecule is CON(C)C(=O)CC1(C)CCc2c(C)c(O)c(C)c(C)c2O1. The summed E-state index contributed by atoms with van der Waals surface area (Å²) in [6.07, 6.45) is 1.78. The van der Waals surface area contributed by atoms with Crippen LogP contribution in [-0.2, 0) is 16.1 Å². The first-order chi connectivity index (χ1) is 10.2. The maximum atomic E-state index is 12.1. The van der Waals surface area contributed by atoms with E-state index in [9.17, 15) is 9.90 Å². The number of fused-ring (bicyclic) bond motifs is 1. The van der Waals surface area contributed by atoms with Gasteiger partial charge in [0, 0.05) is 12.6 Å². The molecule has 1 aliphatic rings. The van der Waals surface area contributed by atoms with Gasteiger partial charge in [0.05, 0.1) is 13.5 Å². The first-order valence-corrected chi connectivity index (χ1v) is 7.51. The van der Waals surface area contributed by atoms with E-state index in [1.165, 1.54) is 12.2 Å². The smallest absolute Gasteiger partial charge is 0.249 e. The number of carbonyl (C=O) groups excluding carboxylic acids is 1. The molecule has 0 aliphatic carbocycles. The number of hydrogen-bond donors (Lipinski definition) is 1. The topological polar surface area (TPSA) is 59.0 Å². The van der Waals surface area contributed by atoms with Crippen LogP contribution in [0.4, 0.5) is 0 Å². The van der Waals surface area contributed by atoms with Gasteiger partial charge in [-0.15, -0.1) is 0 Å². The second kappa shape index (κ2) is 5.80. The number of amides is 1. The van der Waals surface area contributed by atoms with E-state index < -0.39 is 5.60 Å². The van der Waals surface area contributed by atoms with E-state index >= 15 is 0 Å². The Kier molecular flexibility index (Phi) is 4.38. The molecule has 1 aromatic carbocycles. The van der Waals surface area contributed by atoms with Gasteiger partial charge >= 0.3 is 0 Å². The summed E-state index contributed by atoms with van der Waals surface area (Å²) in [5, 5.41) is 11.4. The minimum absolute atomic E-state index is 0.113. The van der Waals surface area contributed by atoms with E-state index in [1.807, 2.05) is 27.7 Å². The Balaban J connectivity index is 2.33. The van der Waals surface area contributed by atoms with Crippen LogP contribution in [0.5, 0.6) is 11.5 Å². The summed E-state index contributed by atoms with van der Waals surface area (Å²) in [6.45, 7) is 7.70. The van der Waals surface area contributed by atoms with E-state index in [-0.39, 0.29) is 12.3 Å². The fourth-order valence-corrected chi connectivity index (χ4v) is 2.95. The third kappa shape index (κ3) is 2.77. The number of ether oxygens (including phenoxy) is 1. The molecule has 1 aliphatic heterocycles. The highest BCUT2D eigenvalue weighted by Crippen LogP contribution is 2.44. The molecule has 5 heteroatoms. The first-order valence-electron chi connectivity index (χ1n) is 7.51. The molecule has 122 valence electrons. The van der Waals surface area contributed by atoms with Gasteiger partial charge in [-0.2, -0.15) is 0 Å². The lowest BCUT2D eigenvalue weighted by atomic mass is 9.85. The summed E-state index contributed by atoms with van der Waals surface area (Å²) in [5.74, 6) is 1.05. The van der Waals surface area contributed by atoms with Crippen molar-refractivity contribution in [2.45, 2.75) is 52.6 Å². The number of phenols is 1. The van der Waals surface area contributed by atoms with Gasteiger partial charge in [-0.05, 0) is 57.2 Å². The number of hydroxylamine groups is 2. The molecule has 0 saturated carbocycles. The van der Waals surface area contributed by atoms with Crippen molar-refractivity contribution >= 4 is 5.91 Å². The number of phenolic OH excluding ortho intramolecular Hbond substituents is 1. The molecule has 0 radical (unpaired) electrons. The van der Waals surface area contributed by atoms with Gasteiger partial charge in [-0.3, -0.25) is 9.63 Å². The van der Waals surface area contributed by atoms with Gasteiger partial charge in [-0.1, -0.05) is 0 Å². The standard InChI is InChI=1S/C17H25NO4/c1-10-11(2)16-13(12(3)15(10)20)7-8-17(4,22-16)9-14(19)18(5)21-6/h20H,7-9H2,1-6H3. The van der Waals surface area contributed by atoms with Crippen LogP contribution < -0.4 is 4.74 Å².